The number of carbonyl (C=O) groups excluding carboxylic acids is 4. The summed E-state index contributed by atoms with van der Waals surface area (Å²) in [5.74, 6) is -4.21. The third-order valence-electron chi connectivity index (χ3n) is 9.32. The third kappa shape index (κ3) is 3.81. The fourth-order valence-electron chi connectivity index (χ4n) is 7.62. The number of hydrogen-bond acceptors (Lipinski definition) is 6. The van der Waals surface area contributed by atoms with Gasteiger partial charge in [0.15, 0.2) is 11.5 Å². The number of phenolic OH excluding ortho intramolecular Hbond substituents is 1. The minimum atomic E-state index is -0.687. The van der Waals surface area contributed by atoms with E-state index >= 15 is 0 Å². The Bertz CT molecular complexity index is 1630. The molecule has 2 saturated heterocycles. The van der Waals surface area contributed by atoms with Crippen LogP contribution in [-0.2, 0) is 19.2 Å². The van der Waals surface area contributed by atoms with Gasteiger partial charge in [-0.3, -0.25) is 29.0 Å². The van der Waals surface area contributed by atoms with Gasteiger partial charge in [-0.1, -0.05) is 54.1 Å². The molecule has 3 fully saturated rings. The fraction of sp³-hybridized carbons (Fsp3) is 0.294. The lowest BCUT2D eigenvalue weighted by Gasteiger charge is -2.44. The second-order valence-electron chi connectivity index (χ2n) is 11.4. The van der Waals surface area contributed by atoms with Crippen molar-refractivity contribution in [3.8, 4) is 11.5 Å². The van der Waals surface area contributed by atoms with Gasteiger partial charge in [-0.2, -0.15) is 0 Å². The molecule has 0 radical (unpaired) electrons. The molecule has 8 heteroatoms. The summed E-state index contributed by atoms with van der Waals surface area (Å²) in [5.41, 5.74) is 2.68. The number of phenols is 1. The number of amides is 4. The molecule has 3 aromatic rings. The first-order valence-electron chi connectivity index (χ1n) is 14.4. The summed E-state index contributed by atoms with van der Waals surface area (Å²) >= 11 is 0. The van der Waals surface area contributed by atoms with E-state index < -0.39 is 35.5 Å². The van der Waals surface area contributed by atoms with Gasteiger partial charge in [0.2, 0.25) is 23.6 Å². The summed E-state index contributed by atoms with van der Waals surface area (Å²) < 4.78 is 5.68. The van der Waals surface area contributed by atoms with Crippen LogP contribution in [0.3, 0.4) is 0 Å². The average Bonchev–Trinajstić information content (AvgIpc) is 3.42. The van der Waals surface area contributed by atoms with Crippen LogP contribution in [0.1, 0.15) is 31.2 Å². The molecule has 4 amide bonds. The van der Waals surface area contributed by atoms with Gasteiger partial charge < -0.3 is 9.84 Å². The van der Waals surface area contributed by atoms with Gasteiger partial charge in [-0.25, -0.2) is 0 Å². The van der Waals surface area contributed by atoms with E-state index in [1.165, 1.54) is 9.80 Å². The highest BCUT2D eigenvalue weighted by atomic mass is 16.5. The van der Waals surface area contributed by atoms with Crippen molar-refractivity contribution in [1.82, 2.24) is 0 Å². The molecule has 6 atom stereocenters. The van der Waals surface area contributed by atoms with Crippen molar-refractivity contribution in [1.29, 1.82) is 0 Å². The van der Waals surface area contributed by atoms with Gasteiger partial charge in [0.1, 0.15) is 0 Å². The predicted molar refractivity (Wildman–Crippen MR) is 155 cm³/mol. The number of rotatable bonds is 5. The quantitative estimate of drug-likeness (QED) is 0.353. The molecule has 0 aromatic heterocycles. The molecule has 8 nitrogen and oxygen atoms in total. The first-order valence-corrected chi connectivity index (χ1v) is 14.4. The number of imide groups is 2. The zero-order valence-corrected chi connectivity index (χ0v) is 23.1. The average molecular weight is 563 g/mol. The predicted octanol–water partition coefficient (Wildman–Crippen LogP) is 4.84. The van der Waals surface area contributed by atoms with Crippen molar-refractivity contribution in [2.24, 2.45) is 29.6 Å². The maximum atomic E-state index is 14.1. The molecule has 212 valence electrons. The molecule has 2 aliphatic heterocycles. The molecule has 4 aliphatic rings. The monoisotopic (exact) mass is 562 g/mol. The number of anilines is 2. The SMILES string of the molecule is CCOc1cc([C@H]2C3=CC[C@@H]4C(=O)N(c5ccccc5)C(=O)[C@@H]4[C@@H]3C[C@H]3C(=O)N(c4ccccc4)C(=O)[C@@H]23)ccc1O. The Morgan fingerprint density at radius 2 is 1.33 bits per heavy atom. The molecular weight excluding hydrogens is 532 g/mol. The molecule has 0 spiro atoms. The van der Waals surface area contributed by atoms with E-state index in [0.717, 1.165) is 11.1 Å². The second-order valence-corrected chi connectivity index (χ2v) is 11.4. The van der Waals surface area contributed by atoms with Crippen molar-refractivity contribution >= 4 is 35.0 Å². The maximum Gasteiger partial charge on any atom is 0.238 e. The first-order chi connectivity index (χ1) is 20.4. The molecule has 2 aliphatic carbocycles. The molecule has 7 rings (SSSR count). The van der Waals surface area contributed by atoms with E-state index in [2.05, 4.69) is 0 Å². The first kappa shape index (κ1) is 26.2. The fourth-order valence-corrected chi connectivity index (χ4v) is 7.62. The number of para-hydroxylation sites is 2. The zero-order valence-electron chi connectivity index (χ0n) is 23.1. The maximum absolute atomic E-state index is 14.1. The molecule has 42 heavy (non-hydrogen) atoms. The number of benzene rings is 3. The van der Waals surface area contributed by atoms with E-state index in [9.17, 15) is 24.3 Å². The lowest BCUT2D eigenvalue weighted by atomic mass is 9.57. The third-order valence-corrected chi connectivity index (χ3v) is 9.32. The van der Waals surface area contributed by atoms with Crippen LogP contribution in [-0.4, -0.2) is 35.3 Å². The van der Waals surface area contributed by atoms with Gasteiger partial charge >= 0.3 is 0 Å². The normalized spacial score (nSPS) is 28.4. The Hall–Kier alpha value is -4.72. The second kappa shape index (κ2) is 9.98. The van der Waals surface area contributed by atoms with Crippen LogP contribution >= 0.6 is 0 Å². The van der Waals surface area contributed by atoms with Crippen molar-refractivity contribution < 1.29 is 29.0 Å². The van der Waals surface area contributed by atoms with E-state index in [-0.39, 0.29) is 29.4 Å². The Labute approximate surface area is 243 Å². The number of aromatic hydroxyl groups is 1. The van der Waals surface area contributed by atoms with Crippen LogP contribution in [0.2, 0.25) is 0 Å². The highest BCUT2D eigenvalue weighted by Gasteiger charge is 2.62. The van der Waals surface area contributed by atoms with Crippen LogP contribution in [0.15, 0.2) is 90.5 Å². The van der Waals surface area contributed by atoms with Gasteiger partial charge in [0.05, 0.1) is 41.7 Å². The number of ether oxygens (including phenoxy) is 1. The lowest BCUT2D eigenvalue weighted by molar-refractivity contribution is -0.126. The Morgan fingerprint density at radius 1 is 0.738 bits per heavy atom. The highest BCUT2D eigenvalue weighted by Crippen LogP contribution is 2.58. The zero-order chi connectivity index (χ0) is 29.1. The molecule has 0 unspecified atom stereocenters. The van der Waals surface area contributed by atoms with E-state index in [4.69, 9.17) is 4.74 Å². The van der Waals surface area contributed by atoms with Crippen LogP contribution in [0.4, 0.5) is 11.4 Å². The van der Waals surface area contributed by atoms with Crippen LogP contribution in [0.25, 0.3) is 0 Å². The van der Waals surface area contributed by atoms with Crippen LogP contribution < -0.4 is 14.5 Å². The largest absolute Gasteiger partial charge is 0.504 e. The Morgan fingerprint density at radius 3 is 1.95 bits per heavy atom. The van der Waals surface area contributed by atoms with Crippen molar-refractivity contribution in [3.63, 3.8) is 0 Å². The van der Waals surface area contributed by atoms with Gasteiger partial charge in [-0.05, 0) is 67.6 Å². The standard InChI is InChI=1S/C34H30N2O6/c1-2-42-27-17-19(13-16-26(27)37)28-22-14-15-23-29(33(40)35(31(23)38)20-9-5-3-6-10-20)24(22)18-25-30(28)34(41)36(32(25)39)21-11-7-4-8-12-21/h3-14,16-17,23-25,28-30,37H,2,15,18H2,1H3/t23-,24+,25+,28-,29-,30+/m0/s1. The Balaban J connectivity index is 1.35. The topological polar surface area (TPSA) is 104 Å². The van der Waals surface area contributed by atoms with Crippen LogP contribution in [0, 0.1) is 29.6 Å². The molecule has 1 saturated carbocycles. The van der Waals surface area contributed by atoms with Crippen molar-refractivity contribution in [3.05, 3.63) is 96.1 Å². The smallest absolute Gasteiger partial charge is 0.238 e. The van der Waals surface area contributed by atoms with Crippen molar-refractivity contribution in [2.45, 2.75) is 25.7 Å². The minimum Gasteiger partial charge on any atom is -0.504 e. The van der Waals surface area contributed by atoms with Gasteiger partial charge in [-0.15, -0.1) is 0 Å². The molecular formula is C34H30N2O6. The Kier molecular flexibility index (Phi) is 6.22. The molecule has 0 bridgehead atoms. The van der Waals surface area contributed by atoms with E-state index in [0.29, 0.717) is 36.6 Å². The van der Waals surface area contributed by atoms with Crippen molar-refractivity contribution in [2.75, 3.05) is 16.4 Å². The molecule has 3 aromatic carbocycles. The summed E-state index contributed by atoms with van der Waals surface area (Å²) in [7, 11) is 0. The molecule has 2 heterocycles. The number of allylic oxidation sites excluding steroid dienone is 2. The van der Waals surface area contributed by atoms with E-state index in [1.54, 1.807) is 66.7 Å². The number of nitrogens with zero attached hydrogens (tertiary/aromatic N) is 2. The van der Waals surface area contributed by atoms with Gasteiger partial charge in [0, 0.05) is 5.92 Å². The lowest BCUT2D eigenvalue weighted by Crippen LogP contribution is -2.43. The highest BCUT2D eigenvalue weighted by molar-refractivity contribution is 6.24. The van der Waals surface area contributed by atoms with Gasteiger partial charge in [0.25, 0.3) is 0 Å². The summed E-state index contributed by atoms with van der Waals surface area (Å²) in [5, 5.41) is 10.4. The molecule has 1 N–H and O–H groups in total. The number of hydrogen-bond donors (Lipinski definition) is 1. The summed E-state index contributed by atoms with van der Waals surface area (Å²) in [6.45, 7) is 2.16. The van der Waals surface area contributed by atoms with E-state index in [1.807, 2.05) is 25.1 Å². The summed E-state index contributed by atoms with van der Waals surface area (Å²) in [6, 6.07) is 22.9. The van der Waals surface area contributed by atoms with Crippen LogP contribution in [0.5, 0.6) is 11.5 Å². The minimum absolute atomic E-state index is 0.0167. The number of carbonyl (C=O) groups is 4. The summed E-state index contributed by atoms with van der Waals surface area (Å²) in [6.07, 6.45) is 2.70. The summed E-state index contributed by atoms with van der Waals surface area (Å²) in [4.78, 5) is 58.3. The number of fused-ring (bicyclic) bond motifs is 4.